The molecular formula is C18H35IN4O. The number of likely N-dealkylation sites (tertiary alicyclic amines) is 1. The second-order valence-corrected chi connectivity index (χ2v) is 7.43. The average molecular weight is 450 g/mol. The lowest BCUT2D eigenvalue weighted by molar-refractivity contribution is -0.134. The Balaban J connectivity index is 0.00000288. The van der Waals surface area contributed by atoms with Gasteiger partial charge in [0.15, 0.2) is 5.96 Å². The molecule has 24 heavy (non-hydrogen) atoms. The molecule has 1 heterocycles. The van der Waals surface area contributed by atoms with E-state index in [0.717, 1.165) is 57.2 Å². The van der Waals surface area contributed by atoms with Crippen LogP contribution in [0.2, 0.25) is 0 Å². The lowest BCUT2D eigenvalue weighted by Crippen LogP contribution is -2.45. The smallest absolute Gasteiger partial charge is 0.225 e. The quantitative estimate of drug-likeness (QED) is 0.283. The van der Waals surface area contributed by atoms with Crippen molar-refractivity contribution in [3.8, 4) is 0 Å². The van der Waals surface area contributed by atoms with Gasteiger partial charge in [-0.3, -0.25) is 9.79 Å². The van der Waals surface area contributed by atoms with E-state index in [0.29, 0.717) is 17.9 Å². The molecule has 0 radical (unpaired) electrons. The lowest BCUT2D eigenvalue weighted by Gasteiger charge is -2.21. The van der Waals surface area contributed by atoms with E-state index in [9.17, 15) is 4.79 Å². The molecule has 1 amide bonds. The second-order valence-electron chi connectivity index (χ2n) is 7.43. The third-order valence-corrected chi connectivity index (χ3v) is 5.02. The number of carbonyl (C=O) groups is 1. The summed E-state index contributed by atoms with van der Waals surface area (Å²) in [5, 5.41) is 6.86. The van der Waals surface area contributed by atoms with Crippen LogP contribution in [0.5, 0.6) is 0 Å². The fourth-order valence-electron chi connectivity index (χ4n) is 3.61. The van der Waals surface area contributed by atoms with Gasteiger partial charge in [-0.25, -0.2) is 0 Å². The van der Waals surface area contributed by atoms with Gasteiger partial charge in [0.1, 0.15) is 0 Å². The van der Waals surface area contributed by atoms with Crippen LogP contribution in [0, 0.1) is 11.8 Å². The number of rotatable bonds is 6. The second kappa shape index (κ2) is 11.2. The lowest BCUT2D eigenvalue weighted by atomic mass is 10.1. The molecule has 0 aromatic heterocycles. The topological polar surface area (TPSA) is 56.7 Å². The van der Waals surface area contributed by atoms with E-state index >= 15 is 0 Å². The van der Waals surface area contributed by atoms with Crippen molar-refractivity contribution < 1.29 is 4.79 Å². The van der Waals surface area contributed by atoms with E-state index in [1.54, 1.807) is 0 Å². The molecule has 0 aromatic carbocycles. The van der Waals surface area contributed by atoms with E-state index in [1.807, 2.05) is 7.05 Å². The SMILES string of the molecule is CN=C(NCCCC(C)C)NC1CCN(C(=O)C2CCCC2)C1.I. The van der Waals surface area contributed by atoms with Crippen molar-refractivity contribution in [3.05, 3.63) is 0 Å². The first-order valence-electron chi connectivity index (χ1n) is 9.36. The summed E-state index contributed by atoms with van der Waals surface area (Å²) in [5.74, 6) is 2.29. The highest BCUT2D eigenvalue weighted by Gasteiger charge is 2.32. The fraction of sp³-hybridized carbons (Fsp3) is 0.889. The molecule has 6 heteroatoms. The van der Waals surface area contributed by atoms with Gasteiger partial charge in [-0.05, 0) is 38.0 Å². The Morgan fingerprint density at radius 1 is 1.25 bits per heavy atom. The van der Waals surface area contributed by atoms with Crippen molar-refractivity contribution in [2.75, 3.05) is 26.7 Å². The molecule has 140 valence electrons. The number of nitrogens with zero attached hydrogens (tertiary/aromatic N) is 2. The number of guanidine groups is 1. The molecule has 1 atom stereocenters. The molecule has 0 spiro atoms. The Hall–Kier alpha value is -0.530. The summed E-state index contributed by atoms with van der Waals surface area (Å²) < 4.78 is 0. The Labute approximate surface area is 164 Å². The Bertz CT molecular complexity index is 408. The van der Waals surface area contributed by atoms with Crippen LogP contribution in [0.4, 0.5) is 0 Å². The summed E-state index contributed by atoms with van der Waals surface area (Å²) in [4.78, 5) is 18.8. The highest BCUT2D eigenvalue weighted by atomic mass is 127. The largest absolute Gasteiger partial charge is 0.356 e. The summed E-state index contributed by atoms with van der Waals surface area (Å²) >= 11 is 0. The number of hydrogen-bond acceptors (Lipinski definition) is 2. The van der Waals surface area contributed by atoms with E-state index in [1.165, 1.54) is 19.3 Å². The van der Waals surface area contributed by atoms with Gasteiger partial charge >= 0.3 is 0 Å². The first-order valence-corrected chi connectivity index (χ1v) is 9.36. The molecule has 5 nitrogen and oxygen atoms in total. The van der Waals surface area contributed by atoms with Crippen molar-refractivity contribution in [2.24, 2.45) is 16.8 Å². The van der Waals surface area contributed by atoms with Gasteiger partial charge in [-0.2, -0.15) is 0 Å². The van der Waals surface area contributed by atoms with Crippen LogP contribution >= 0.6 is 24.0 Å². The van der Waals surface area contributed by atoms with E-state index in [-0.39, 0.29) is 24.0 Å². The van der Waals surface area contributed by atoms with Crippen molar-refractivity contribution >= 4 is 35.8 Å². The maximum Gasteiger partial charge on any atom is 0.225 e. The van der Waals surface area contributed by atoms with E-state index < -0.39 is 0 Å². The number of carbonyl (C=O) groups excluding carboxylic acids is 1. The molecule has 2 aliphatic rings. The zero-order valence-electron chi connectivity index (χ0n) is 15.5. The molecule has 1 aliphatic carbocycles. The third kappa shape index (κ3) is 6.76. The highest BCUT2D eigenvalue weighted by molar-refractivity contribution is 14.0. The van der Waals surface area contributed by atoms with E-state index in [2.05, 4.69) is 34.4 Å². The predicted octanol–water partition coefficient (Wildman–Crippen LogP) is 3.00. The van der Waals surface area contributed by atoms with Gasteiger partial charge in [0, 0.05) is 38.6 Å². The summed E-state index contributed by atoms with van der Waals surface area (Å²) in [6.45, 7) is 7.16. The number of aliphatic imine (C=N–C) groups is 1. The standard InChI is InChI=1S/C18H34N4O.HI/c1-14(2)7-6-11-20-18(19-3)21-16-10-12-22(13-16)17(23)15-8-4-5-9-15;/h14-16H,4-13H2,1-3H3,(H2,19,20,21);1H. The van der Waals surface area contributed by atoms with Gasteiger partial charge in [0.05, 0.1) is 0 Å². The fourth-order valence-corrected chi connectivity index (χ4v) is 3.61. The third-order valence-electron chi connectivity index (χ3n) is 5.02. The minimum absolute atomic E-state index is 0. The summed E-state index contributed by atoms with van der Waals surface area (Å²) in [7, 11) is 1.81. The predicted molar refractivity (Wildman–Crippen MR) is 111 cm³/mol. The van der Waals surface area contributed by atoms with Gasteiger partial charge in [0.2, 0.25) is 5.91 Å². The van der Waals surface area contributed by atoms with Crippen molar-refractivity contribution in [3.63, 3.8) is 0 Å². The summed E-state index contributed by atoms with van der Waals surface area (Å²) in [6, 6.07) is 0.330. The van der Waals surface area contributed by atoms with Gasteiger partial charge in [0.25, 0.3) is 0 Å². The van der Waals surface area contributed by atoms with Crippen LogP contribution in [0.1, 0.15) is 58.8 Å². The molecular weight excluding hydrogens is 415 g/mol. The molecule has 2 rings (SSSR count). The molecule has 1 saturated carbocycles. The monoisotopic (exact) mass is 450 g/mol. The minimum atomic E-state index is 0. The van der Waals surface area contributed by atoms with Crippen molar-refractivity contribution in [1.29, 1.82) is 0 Å². The van der Waals surface area contributed by atoms with Gasteiger partial charge in [-0.1, -0.05) is 26.7 Å². The van der Waals surface area contributed by atoms with Gasteiger partial charge in [-0.15, -0.1) is 24.0 Å². The summed E-state index contributed by atoms with van der Waals surface area (Å²) in [5.41, 5.74) is 0. The Morgan fingerprint density at radius 3 is 2.58 bits per heavy atom. The maximum absolute atomic E-state index is 12.5. The molecule has 0 bridgehead atoms. The maximum atomic E-state index is 12.5. The van der Waals surface area contributed by atoms with Crippen molar-refractivity contribution in [2.45, 2.75) is 64.8 Å². The molecule has 2 N–H and O–H groups in total. The van der Waals surface area contributed by atoms with Crippen LogP contribution in [-0.2, 0) is 4.79 Å². The summed E-state index contributed by atoms with van der Waals surface area (Å²) in [6.07, 6.45) is 8.04. The number of amides is 1. The molecule has 1 unspecified atom stereocenters. The first kappa shape index (κ1) is 21.5. The molecule has 0 aromatic rings. The van der Waals surface area contributed by atoms with Crippen LogP contribution in [-0.4, -0.2) is 49.5 Å². The zero-order valence-corrected chi connectivity index (χ0v) is 17.8. The average Bonchev–Trinajstić information content (AvgIpc) is 3.20. The van der Waals surface area contributed by atoms with Crippen LogP contribution in [0.25, 0.3) is 0 Å². The van der Waals surface area contributed by atoms with Gasteiger partial charge < -0.3 is 15.5 Å². The number of nitrogens with one attached hydrogen (secondary N) is 2. The van der Waals surface area contributed by atoms with Crippen LogP contribution in [0.15, 0.2) is 4.99 Å². The minimum Gasteiger partial charge on any atom is -0.356 e. The van der Waals surface area contributed by atoms with Crippen LogP contribution in [0.3, 0.4) is 0 Å². The Morgan fingerprint density at radius 2 is 1.96 bits per heavy atom. The van der Waals surface area contributed by atoms with E-state index in [4.69, 9.17) is 0 Å². The molecule has 1 aliphatic heterocycles. The Kier molecular flexibility index (Phi) is 10.0. The first-order chi connectivity index (χ1) is 11.1. The molecule has 2 fully saturated rings. The molecule has 1 saturated heterocycles. The number of halogens is 1. The highest BCUT2D eigenvalue weighted by Crippen LogP contribution is 2.27. The van der Waals surface area contributed by atoms with Crippen LogP contribution < -0.4 is 10.6 Å². The van der Waals surface area contributed by atoms with Crippen molar-refractivity contribution in [1.82, 2.24) is 15.5 Å². The number of hydrogen-bond donors (Lipinski definition) is 2. The normalized spacial score (nSPS) is 21.9. The zero-order chi connectivity index (χ0) is 16.7.